The molecule has 49 heavy (non-hydrogen) atoms. The maximum Gasteiger partial charge on any atom is 0.262 e. The fraction of sp³-hybridized carbons (Fsp3) is 0. The van der Waals surface area contributed by atoms with Crippen molar-refractivity contribution in [2.75, 3.05) is 0 Å². The van der Waals surface area contributed by atoms with E-state index in [1.54, 1.807) is 0 Å². The predicted octanol–water partition coefficient (Wildman–Crippen LogP) is 8.87. The van der Waals surface area contributed by atoms with Gasteiger partial charge in [0.25, 0.3) is 5.69 Å². The zero-order valence-electron chi connectivity index (χ0n) is 23.6. The highest BCUT2D eigenvalue weighted by Gasteiger charge is 2.46. The molecule has 0 spiro atoms. The molecule has 3 aromatic rings. The summed E-state index contributed by atoms with van der Waals surface area (Å²) in [5.41, 5.74) is -21.4. The molecule has 19 heteroatoms. The molecule has 0 amide bonds. The number of hydrogen-bond donors (Lipinski definition) is 0. The van der Waals surface area contributed by atoms with Crippen molar-refractivity contribution in [3.8, 4) is 24.3 Å². The summed E-state index contributed by atoms with van der Waals surface area (Å²) in [6.45, 7) is 14.1. The second-order valence-corrected chi connectivity index (χ2v) is 8.89. The van der Waals surface area contributed by atoms with Gasteiger partial charge in [0.15, 0.2) is 69.8 Å². The minimum atomic E-state index is -2.52. The Balaban J connectivity index is 0.00000332. The molecular weight excluding hydrogens is 799 g/mol. The van der Waals surface area contributed by atoms with Crippen molar-refractivity contribution in [2.45, 2.75) is 0 Å². The van der Waals surface area contributed by atoms with Gasteiger partial charge in [0.1, 0.15) is 36.0 Å². The summed E-state index contributed by atoms with van der Waals surface area (Å²) >= 11 is 1.40. The summed E-state index contributed by atoms with van der Waals surface area (Å²) in [5.74, 6) is -29.7. The molecule has 6 nitrogen and oxygen atoms in total. The monoisotopic (exact) mass is 801 g/mol. The van der Waals surface area contributed by atoms with Gasteiger partial charge in [-0.15, -0.1) is 23.8 Å². The molecule has 0 heterocycles. The van der Waals surface area contributed by atoms with E-state index in [9.17, 15) is 36.9 Å². The molecule has 4 rings (SSSR count). The number of nitriles is 4. The Morgan fingerprint density at radius 2 is 0.796 bits per heavy atom. The Kier molecular flexibility index (Phi) is 9.76. The SMILES string of the molecule is [2H]I.[C-]#[N+]C(=C1C(=C(C#N)c2c(F)c(F)c(C#N)c(F)c2F)C1=C(C#N)c1c(F)c(F)c([N+]#[C-])c(F)c1F)c1c(F)c(F)c(C#N)c(F)c1F. The van der Waals surface area contributed by atoms with Crippen LogP contribution in [0.25, 0.3) is 26.5 Å². The average Bonchev–Trinajstić information content (AvgIpc) is 3.83. The van der Waals surface area contributed by atoms with Crippen LogP contribution in [0.15, 0.2) is 16.7 Å². The van der Waals surface area contributed by atoms with E-state index in [0.29, 0.717) is 0 Å². The van der Waals surface area contributed by atoms with E-state index in [-0.39, 0.29) is 0 Å². The summed E-state index contributed by atoms with van der Waals surface area (Å²) in [7, 11) is 0. The van der Waals surface area contributed by atoms with Crippen molar-refractivity contribution < 1.29 is 52.7 Å². The quantitative estimate of drug-likeness (QED) is 0.0868. The highest BCUT2D eigenvalue weighted by Crippen LogP contribution is 2.58. The van der Waals surface area contributed by atoms with Crippen LogP contribution in [-0.2, 0) is 0 Å². The third-order valence-corrected chi connectivity index (χ3v) is 6.60. The van der Waals surface area contributed by atoms with Gasteiger partial charge in [-0.2, -0.15) is 21.0 Å². The maximum atomic E-state index is 15.0. The van der Waals surface area contributed by atoms with Crippen molar-refractivity contribution in [1.29, 1.82) is 21.6 Å². The number of benzene rings is 3. The summed E-state index contributed by atoms with van der Waals surface area (Å²) in [5, 5.41) is 37.3. The number of rotatable bonds is 3. The van der Waals surface area contributed by atoms with Crippen LogP contribution in [0.1, 0.15) is 27.8 Å². The average molecular weight is 801 g/mol. The van der Waals surface area contributed by atoms with Gasteiger partial charge in [0, 0.05) is 0 Å². The van der Waals surface area contributed by atoms with Crippen LogP contribution in [0.5, 0.6) is 0 Å². The molecule has 1 saturated carbocycles. The molecule has 0 aliphatic heterocycles. The molecule has 0 unspecified atom stereocenters. The van der Waals surface area contributed by atoms with Crippen LogP contribution in [0.4, 0.5) is 58.4 Å². The van der Waals surface area contributed by atoms with Gasteiger partial charge in [-0.05, 0) is 16.7 Å². The van der Waals surface area contributed by atoms with Gasteiger partial charge in [-0.3, -0.25) is 0 Å². The number of allylic oxidation sites excluding steroid dienone is 5. The lowest BCUT2D eigenvalue weighted by atomic mass is 9.99. The minimum absolute atomic E-state index is 0.771. The molecule has 0 bridgehead atoms. The first-order valence-corrected chi connectivity index (χ1v) is 11.8. The fourth-order valence-corrected chi connectivity index (χ4v) is 4.46. The molecule has 0 atom stereocenters. The van der Waals surface area contributed by atoms with Crippen LogP contribution in [-0.4, -0.2) is 0.594 Å². The second kappa shape index (κ2) is 13.4. The first-order chi connectivity index (χ1) is 23.6. The predicted molar refractivity (Wildman–Crippen MR) is 149 cm³/mol. The molecule has 0 aromatic heterocycles. The lowest BCUT2D eigenvalue weighted by Gasteiger charge is -2.08. The Bertz CT molecular complexity index is 2080. The van der Waals surface area contributed by atoms with E-state index < -0.39 is 137 Å². The molecule has 1 aliphatic carbocycles. The zero-order valence-corrected chi connectivity index (χ0v) is 24.8. The molecule has 1 aliphatic rings. The molecule has 3 aromatic carbocycles. The van der Waals surface area contributed by atoms with E-state index in [2.05, 4.69) is 9.69 Å². The molecular formula is C30HF12IN6. The third kappa shape index (κ3) is 5.27. The maximum absolute atomic E-state index is 15.0. The highest BCUT2D eigenvalue weighted by molar-refractivity contribution is 14.0. The van der Waals surface area contributed by atoms with Gasteiger partial charge in [0.2, 0.25) is 5.70 Å². The van der Waals surface area contributed by atoms with Crippen LogP contribution in [0, 0.1) is 128 Å². The number of hydrogen-bond acceptors (Lipinski definition) is 4. The Hall–Kier alpha value is -6.29. The second-order valence-electron chi connectivity index (χ2n) is 8.89. The van der Waals surface area contributed by atoms with Crippen molar-refractivity contribution in [2.24, 2.45) is 0 Å². The largest absolute Gasteiger partial charge is 0.262 e. The van der Waals surface area contributed by atoms with E-state index in [1.807, 2.05) is 0 Å². The summed E-state index contributed by atoms with van der Waals surface area (Å²) in [6.07, 6.45) is 0. The van der Waals surface area contributed by atoms with Crippen molar-refractivity contribution in [3.05, 3.63) is 137 Å². The number of nitrogens with zero attached hydrogens (tertiary/aromatic N) is 6. The topological polar surface area (TPSA) is 104 Å². The molecule has 242 valence electrons. The molecule has 1 fully saturated rings. The Morgan fingerprint density at radius 3 is 1.06 bits per heavy atom. The molecule has 0 N–H and O–H groups in total. The summed E-state index contributed by atoms with van der Waals surface area (Å²) < 4.78 is 183. The van der Waals surface area contributed by atoms with Crippen LogP contribution in [0.2, 0.25) is 0 Å². The van der Waals surface area contributed by atoms with E-state index >= 15 is 26.3 Å². The lowest BCUT2D eigenvalue weighted by Crippen LogP contribution is -2.06. The van der Waals surface area contributed by atoms with Gasteiger partial charge < -0.3 is 0 Å². The molecule has 0 saturated heterocycles. The van der Waals surface area contributed by atoms with E-state index in [1.165, 1.54) is 23.8 Å². The zero-order chi connectivity index (χ0) is 38.1. The normalized spacial score (nSPS) is 14.7. The Labute approximate surface area is 281 Å². The third-order valence-electron chi connectivity index (χ3n) is 6.60. The Morgan fingerprint density at radius 1 is 0.490 bits per heavy atom. The van der Waals surface area contributed by atoms with Crippen molar-refractivity contribution in [3.63, 3.8) is 0 Å². The molecule has 0 radical (unpaired) electrons. The minimum Gasteiger partial charge on any atom is -0.237 e. The first-order valence-electron chi connectivity index (χ1n) is 12.2. The van der Waals surface area contributed by atoms with Gasteiger partial charge in [-0.1, -0.05) is 0 Å². The fourth-order valence-electron chi connectivity index (χ4n) is 4.46. The van der Waals surface area contributed by atoms with Crippen molar-refractivity contribution in [1.82, 2.24) is 0 Å². The standard InChI is InChI=1S/C30F12N6.HI/c1-47-29(16-25(39)19(33)10(6-46)20(34)26(16)40)15-11(7(3-43)13-21(35)17(31)9(5-45)18(32)22(13)36)12(15)8(4-44)14-23(37)27(41)30(48-2)28(42)24(14)38;/h;1H/i/hD. The summed E-state index contributed by atoms with van der Waals surface area (Å²) in [6, 6.07) is 3.47. The van der Waals surface area contributed by atoms with Crippen molar-refractivity contribution >= 4 is 46.3 Å². The van der Waals surface area contributed by atoms with E-state index in [0.717, 1.165) is 24.3 Å². The van der Waals surface area contributed by atoms with Crippen LogP contribution < -0.4 is 0 Å². The number of halogens is 13. The lowest BCUT2D eigenvalue weighted by molar-refractivity contribution is 0.446. The van der Waals surface area contributed by atoms with Gasteiger partial charge in [-0.25, -0.2) is 62.4 Å². The van der Waals surface area contributed by atoms with Gasteiger partial charge >= 0.3 is 0 Å². The highest BCUT2D eigenvalue weighted by atomic mass is 127. The van der Waals surface area contributed by atoms with Gasteiger partial charge in [0.05, 0.1) is 41.0 Å². The summed E-state index contributed by atoms with van der Waals surface area (Å²) in [4.78, 5) is 4.84. The van der Waals surface area contributed by atoms with E-state index in [4.69, 9.17) is 24.3 Å². The van der Waals surface area contributed by atoms with Crippen LogP contribution in [0.3, 0.4) is 0 Å². The smallest absolute Gasteiger partial charge is 0.237 e. The first kappa shape index (κ1) is 35.6. The van der Waals surface area contributed by atoms with Crippen LogP contribution >= 0.6 is 23.8 Å².